The van der Waals surface area contributed by atoms with Crippen molar-refractivity contribution in [1.82, 2.24) is 4.90 Å². The van der Waals surface area contributed by atoms with Crippen LogP contribution in [0.1, 0.15) is 45.2 Å². The minimum absolute atomic E-state index is 0.311. The Kier molecular flexibility index (Phi) is 11.8. The molecule has 2 atom stereocenters. The minimum atomic E-state index is 0.311. The first-order chi connectivity index (χ1) is 13.3. The van der Waals surface area contributed by atoms with Crippen LogP contribution in [0.4, 0.5) is 0 Å². The van der Waals surface area contributed by atoms with Gasteiger partial charge in [-0.2, -0.15) is 0 Å². The molecule has 27 heavy (non-hydrogen) atoms. The normalized spacial score (nSPS) is 12.6. The Bertz CT molecular complexity index is 637. The van der Waals surface area contributed by atoms with E-state index in [0.29, 0.717) is 19.1 Å². The Morgan fingerprint density at radius 3 is 2.22 bits per heavy atom. The second-order valence-corrected chi connectivity index (χ2v) is 6.49. The Labute approximate surface area is 167 Å². The summed E-state index contributed by atoms with van der Waals surface area (Å²) >= 11 is 0. The van der Waals surface area contributed by atoms with Crippen LogP contribution in [-0.4, -0.2) is 24.0 Å². The van der Waals surface area contributed by atoms with Gasteiger partial charge >= 0.3 is 0 Å². The maximum Gasteiger partial charge on any atom is 0.231 e. The molecular formula is C22H35N2O2P. The molecule has 0 radical (unpaired) electrons. The molecule has 4 nitrogen and oxygen atoms in total. The highest BCUT2D eigenvalue weighted by Crippen LogP contribution is 2.33. The van der Waals surface area contributed by atoms with Crippen molar-refractivity contribution in [2.45, 2.75) is 53.0 Å². The molecule has 0 bridgehead atoms. The fraction of sp³-hybridized carbons (Fsp3) is 0.455. The van der Waals surface area contributed by atoms with E-state index in [0.717, 1.165) is 31.0 Å². The zero-order valence-corrected chi connectivity index (χ0v) is 18.3. The van der Waals surface area contributed by atoms with Crippen molar-refractivity contribution < 1.29 is 9.47 Å². The van der Waals surface area contributed by atoms with Crippen LogP contribution in [0.2, 0.25) is 0 Å². The molecule has 2 aromatic carbocycles. The predicted octanol–water partition coefficient (Wildman–Crippen LogP) is 5.02. The number of hydrogen-bond acceptors (Lipinski definition) is 4. The third kappa shape index (κ3) is 7.50. The van der Waals surface area contributed by atoms with Crippen molar-refractivity contribution in [3.05, 3.63) is 59.7 Å². The zero-order chi connectivity index (χ0) is 20.1. The number of fused-ring (bicyclic) bond motifs is 1. The van der Waals surface area contributed by atoms with Gasteiger partial charge in [-0.05, 0) is 36.2 Å². The van der Waals surface area contributed by atoms with Crippen LogP contribution in [-0.2, 0) is 13.1 Å². The van der Waals surface area contributed by atoms with Gasteiger partial charge in [-0.15, -0.1) is 9.24 Å². The van der Waals surface area contributed by atoms with Crippen molar-refractivity contribution in [3.8, 4) is 11.5 Å². The van der Waals surface area contributed by atoms with Gasteiger partial charge in [-0.25, -0.2) is 0 Å². The summed E-state index contributed by atoms with van der Waals surface area (Å²) in [5.74, 6) is 2.00. The van der Waals surface area contributed by atoms with Gasteiger partial charge < -0.3 is 15.2 Å². The van der Waals surface area contributed by atoms with Crippen LogP contribution in [0.15, 0.2) is 48.5 Å². The van der Waals surface area contributed by atoms with Crippen molar-refractivity contribution in [1.29, 1.82) is 0 Å². The molecule has 0 aromatic heterocycles. The largest absolute Gasteiger partial charge is 0.454 e. The van der Waals surface area contributed by atoms with Crippen LogP contribution in [0.25, 0.3) is 0 Å². The molecule has 2 unspecified atom stereocenters. The number of hydrogen-bond donors (Lipinski definition) is 1. The van der Waals surface area contributed by atoms with Gasteiger partial charge in [-0.3, -0.25) is 4.90 Å². The predicted molar refractivity (Wildman–Crippen MR) is 118 cm³/mol. The molecule has 1 aliphatic rings. The average Bonchev–Trinajstić information content (AvgIpc) is 3.19. The van der Waals surface area contributed by atoms with Crippen LogP contribution in [0, 0.1) is 0 Å². The summed E-state index contributed by atoms with van der Waals surface area (Å²) < 4.78 is 10.9. The van der Waals surface area contributed by atoms with E-state index >= 15 is 0 Å². The van der Waals surface area contributed by atoms with Crippen molar-refractivity contribution in [2.75, 3.05) is 13.3 Å². The SMILES string of the molecule is CC.CC.NCCC(P)N(Cc1ccccc1)Cc1ccc2c(c1)OCO2. The summed E-state index contributed by atoms with van der Waals surface area (Å²) in [6.45, 7) is 10.7. The van der Waals surface area contributed by atoms with Gasteiger partial charge in [0.25, 0.3) is 0 Å². The van der Waals surface area contributed by atoms with E-state index in [2.05, 4.69) is 50.5 Å². The smallest absolute Gasteiger partial charge is 0.231 e. The summed E-state index contributed by atoms with van der Waals surface area (Å²) in [6.07, 6.45) is 0.946. The van der Waals surface area contributed by atoms with Gasteiger partial charge in [0.2, 0.25) is 6.79 Å². The van der Waals surface area contributed by atoms with Crippen molar-refractivity contribution in [2.24, 2.45) is 5.73 Å². The standard InChI is InChI=1S/C18H23N2O2P.2C2H6/c19-9-8-18(23)20(11-14-4-2-1-3-5-14)12-15-6-7-16-17(10-15)22-13-21-16;2*1-2/h1-7,10,18H,8-9,11-13,19,23H2;2*1-2H3. The van der Waals surface area contributed by atoms with Crippen molar-refractivity contribution >= 4 is 9.24 Å². The maximum absolute atomic E-state index is 5.75. The van der Waals surface area contributed by atoms with Crippen LogP contribution >= 0.6 is 9.24 Å². The molecule has 2 N–H and O–H groups in total. The lowest BCUT2D eigenvalue weighted by molar-refractivity contribution is 0.174. The summed E-state index contributed by atoms with van der Waals surface area (Å²) in [4.78, 5) is 2.42. The third-order valence-corrected chi connectivity index (χ3v) is 4.74. The molecular weight excluding hydrogens is 355 g/mol. The fourth-order valence-corrected chi connectivity index (χ4v) is 3.14. The Morgan fingerprint density at radius 1 is 0.926 bits per heavy atom. The zero-order valence-electron chi connectivity index (χ0n) is 17.2. The molecule has 1 aliphatic heterocycles. The Hall–Kier alpha value is -1.61. The van der Waals surface area contributed by atoms with E-state index in [1.54, 1.807) is 0 Å². The molecule has 2 aromatic rings. The Morgan fingerprint density at radius 2 is 1.56 bits per heavy atom. The second kappa shape index (κ2) is 13.5. The van der Waals surface area contributed by atoms with E-state index in [1.807, 2.05) is 39.8 Å². The van der Waals surface area contributed by atoms with Crippen LogP contribution in [0.3, 0.4) is 0 Å². The lowest BCUT2D eigenvalue weighted by Gasteiger charge is -2.29. The molecule has 5 heteroatoms. The van der Waals surface area contributed by atoms with Gasteiger partial charge in [0, 0.05) is 18.9 Å². The van der Waals surface area contributed by atoms with Crippen LogP contribution < -0.4 is 15.2 Å². The number of benzene rings is 2. The number of nitrogens with zero attached hydrogens (tertiary/aromatic N) is 1. The summed E-state index contributed by atoms with van der Waals surface area (Å²) in [7, 11) is 2.92. The number of rotatable bonds is 7. The lowest BCUT2D eigenvalue weighted by Crippen LogP contribution is -2.31. The molecule has 0 aliphatic carbocycles. The van der Waals surface area contributed by atoms with E-state index in [9.17, 15) is 0 Å². The van der Waals surface area contributed by atoms with E-state index in [1.165, 1.54) is 11.1 Å². The first-order valence-corrected chi connectivity index (χ1v) is 10.5. The monoisotopic (exact) mass is 390 g/mol. The molecule has 0 amide bonds. The molecule has 0 spiro atoms. The van der Waals surface area contributed by atoms with Gasteiger partial charge in [0.15, 0.2) is 11.5 Å². The van der Waals surface area contributed by atoms with E-state index < -0.39 is 0 Å². The van der Waals surface area contributed by atoms with E-state index in [-0.39, 0.29) is 0 Å². The lowest BCUT2D eigenvalue weighted by atomic mass is 10.1. The average molecular weight is 391 g/mol. The minimum Gasteiger partial charge on any atom is -0.454 e. The molecule has 0 fully saturated rings. The fourth-order valence-electron chi connectivity index (χ4n) is 2.74. The first-order valence-electron chi connectivity index (χ1n) is 9.88. The third-order valence-electron chi connectivity index (χ3n) is 3.98. The van der Waals surface area contributed by atoms with Crippen molar-refractivity contribution in [3.63, 3.8) is 0 Å². The van der Waals surface area contributed by atoms with Crippen LogP contribution in [0.5, 0.6) is 11.5 Å². The van der Waals surface area contributed by atoms with Gasteiger partial charge in [-0.1, -0.05) is 64.1 Å². The quantitative estimate of drug-likeness (QED) is 0.675. The molecule has 1 heterocycles. The summed E-state index contributed by atoms with van der Waals surface area (Å²) in [5.41, 5.74) is 8.27. The summed E-state index contributed by atoms with van der Waals surface area (Å²) in [5, 5.41) is 0. The highest BCUT2D eigenvalue weighted by molar-refractivity contribution is 7.17. The molecule has 3 rings (SSSR count). The second-order valence-electron chi connectivity index (χ2n) is 5.72. The molecule has 0 saturated carbocycles. The number of nitrogens with two attached hydrogens (primary N) is 1. The topological polar surface area (TPSA) is 47.7 Å². The molecule has 0 saturated heterocycles. The van der Waals surface area contributed by atoms with Gasteiger partial charge in [0.1, 0.15) is 0 Å². The molecule has 150 valence electrons. The summed E-state index contributed by atoms with van der Waals surface area (Å²) in [6, 6.07) is 16.7. The van der Waals surface area contributed by atoms with E-state index in [4.69, 9.17) is 15.2 Å². The Balaban J connectivity index is 0.000000855. The number of ether oxygens (including phenoxy) is 2. The highest BCUT2D eigenvalue weighted by atomic mass is 31.0. The van der Waals surface area contributed by atoms with Gasteiger partial charge in [0.05, 0.1) is 0 Å². The maximum atomic E-state index is 5.75. The highest BCUT2D eigenvalue weighted by Gasteiger charge is 2.17. The first kappa shape index (κ1) is 23.4.